The number of nitrogens with one attached hydrogen (secondary N) is 1. The number of piperazine rings is 1. The number of hydrogen-bond donors (Lipinski definition) is 1. The molecule has 9 heteroatoms. The van der Waals surface area contributed by atoms with E-state index in [9.17, 15) is 4.79 Å². The van der Waals surface area contributed by atoms with E-state index in [-0.39, 0.29) is 12.5 Å². The first-order valence-electron chi connectivity index (χ1n) is 9.65. The highest BCUT2D eigenvalue weighted by molar-refractivity contribution is 7.71. The summed E-state index contributed by atoms with van der Waals surface area (Å²) in [5.41, 5.74) is 2.07. The van der Waals surface area contributed by atoms with Crippen molar-refractivity contribution in [3.8, 4) is 11.4 Å². The van der Waals surface area contributed by atoms with Crippen LogP contribution in [0.2, 0.25) is 10.0 Å². The van der Waals surface area contributed by atoms with Crippen LogP contribution in [0, 0.1) is 4.77 Å². The molecule has 0 radical (unpaired) electrons. The summed E-state index contributed by atoms with van der Waals surface area (Å²) in [4.78, 5) is 17.2. The lowest BCUT2D eigenvalue weighted by atomic mass is 10.2. The summed E-state index contributed by atoms with van der Waals surface area (Å²) in [5.74, 6) is 0.667. The number of rotatable bonds is 5. The molecule has 1 aliphatic rings. The van der Waals surface area contributed by atoms with E-state index in [0.29, 0.717) is 28.7 Å². The number of nitrogens with zero attached hydrogens (tertiary/aromatic N) is 4. The maximum absolute atomic E-state index is 12.9. The number of carbonyl (C=O) groups excluding carboxylic acids is 1. The first kappa shape index (κ1) is 21.1. The standard InChI is InChI=1S/C21H21Cl2N5OS/c22-17-5-1-15(2-6-17)13-26-9-11-27(12-10-26)19(29)14-28-20(24-25-21(28)30)16-3-7-18(23)8-4-16/h1-8H,9-14H2,(H,25,30). The lowest BCUT2D eigenvalue weighted by Crippen LogP contribution is -2.49. The molecule has 1 amide bonds. The van der Waals surface area contributed by atoms with Gasteiger partial charge in [-0.25, -0.2) is 0 Å². The van der Waals surface area contributed by atoms with Crippen LogP contribution in [-0.4, -0.2) is 56.7 Å². The molecular weight excluding hydrogens is 441 g/mol. The van der Waals surface area contributed by atoms with Crippen LogP contribution >= 0.6 is 35.4 Å². The minimum Gasteiger partial charge on any atom is -0.339 e. The Morgan fingerprint density at radius 3 is 2.20 bits per heavy atom. The Morgan fingerprint density at radius 2 is 1.57 bits per heavy atom. The largest absolute Gasteiger partial charge is 0.339 e. The molecule has 156 valence electrons. The molecule has 30 heavy (non-hydrogen) atoms. The fraction of sp³-hybridized carbons (Fsp3) is 0.286. The summed E-state index contributed by atoms with van der Waals surface area (Å²) >= 11 is 17.3. The number of benzene rings is 2. The van der Waals surface area contributed by atoms with Gasteiger partial charge in [0.1, 0.15) is 6.54 Å². The van der Waals surface area contributed by atoms with Gasteiger partial charge in [-0.1, -0.05) is 35.3 Å². The summed E-state index contributed by atoms with van der Waals surface area (Å²) < 4.78 is 2.16. The number of H-pyrrole nitrogens is 1. The SMILES string of the molecule is O=C(Cn1c(-c2ccc(Cl)cc2)n[nH]c1=S)N1CCN(Cc2ccc(Cl)cc2)CC1. The van der Waals surface area contributed by atoms with Crippen molar-refractivity contribution in [1.82, 2.24) is 24.6 Å². The van der Waals surface area contributed by atoms with E-state index >= 15 is 0 Å². The predicted molar refractivity (Wildman–Crippen MR) is 121 cm³/mol. The fourth-order valence-electron chi connectivity index (χ4n) is 3.52. The van der Waals surface area contributed by atoms with E-state index in [1.807, 2.05) is 41.3 Å². The van der Waals surface area contributed by atoms with Crippen LogP contribution in [0.15, 0.2) is 48.5 Å². The van der Waals surface area contributed by atoms with Crippen LogP contribution in [-0.2, 0) is 17.9 Å². The fourth-order valence-corrected chi connectivity index (χ4v) is 3.97. The highest BCUT2D eigenvalue weighted by atomic mass is 35.5. The molecule has 2 aromatic carbocycles. The molecule has 1 aliphatic heterocycles. The first-order valence-corrected chi connectivity index (χ1v) is 10.8. The zero-order valence-electron chi connectivity index (χ0n) is 16.2. The summed E-state index contributed by atoms with van der Waals surface area (Å²) in [7, 11) is 0. The lowest BCUT2D eigenvalue weighted by Gasteiger charge is -2.35. The monoisotopic (exact) mass is 461 g/mol. The van der Waals surface area contributed by atoms with E-state index in [1.54, 1.807) is 16.7 Å². The summed E-state index contributed by atoms with van der Waals surface area (Å²) in [5, 5.41) is 8.47. The van der Waals surface area contributed by atoms with Crippen molar-refractivity contribution in [1.29, 1.82) is 0 Å². The number of aromatic nitrogens is 3. The zero-order valence-corrected chi connectivity index (χ0v) is 18.6. The molecule has 0 aliphatic carbocycles. The Bertz CT molecular complexity index is 1070. The number of carbonyl (C=O) groups is 1. The van der Waals surface area contributed by atoms with E-state index in [2.05, 4.69) is 15.1 Å². The Kier molecular flexibility index (Phi) is 6.53. The second-order valence-electron chi connectivity index (χ2n) is 7.23. The van der Waals surface area contributed by atoms with E-state index in [4.69, 9.17) is 35.4 Å². The Hall–Kier alpha value is -2.19. The van der Waals surface area contributed by atoms with Crippen LogP contribution in [0.3, 0.4) is 0 Å². The topological polar surface area (TPSA) is 57.2 Å². The van der Waals surface area contributed by atoms with Crippen molar-refractivity contribution in [2.45, 2.75) is 13.1 Å². The average Bonchev–Trinajstić information content (AvgIpc) is 3.11. The van der Waals surface area contributed by atoms with E-state index < -0.39 is 0 Å². The molecule has 1 saturated heterocycles. The quantitative estimate of drug-likeness (QED) is 0.576. The average molecular weight is 462 g/mol. The molecule has 3 aromatic rings. The van der Waals surface area contributed by atoms with Gasteiger partial charge in [-0.3, -0.25) is 19.4 Å². The molecule has 1 N–H and O–H groups in total. The van der Waals surface area contributed by atoms with Crippen LogP contribution in [0.1, 0.15) is 5.56 Å². The molecule has 0 saturated carbocycles. The lowest BCUT2D eigenvalue weighted by molar-refractivity contribution is -0.133. The predicted octanol–water partition coefficient (Wildman–Crippen LogP) is 4.26. The normalized spacial score (nSPS) is 14.8. The van der Waals surface area contributed by atoms with Gasteiger partial charge < -0.3 is 4.90 Å². The Morgan fingerprint density at radius 1 is 0.967 bits per heavy atom. The zero-order chi connectivity index (χ0) is 21.1. The number of halogens is 2. The molecule has 0 atom stereocenters. The summed E-state index contributed by atoms with van der Waals surface area (Å²) in [6.07, 6.45) is 0. The van der Waals surface area contributed by atoms with Crippen molar-refractivity contribution in [3.63, 3.8) is 0 Å². The maximum atomic E-state index is 12.9. The molecule has 1 fully saturated rings. The van der Waals surface area contributed by atoms with Gasteiger partial charge in [-0.15, -0.1) is 0 Å². The second kappa shape index (κ2) is 9.31. The van der Waals surface area contributed by atoms with Gasteiger partial charge in [-0.2, -0.15) is 5.10 Å². The van der Waals surface area contributed by atoms with Gasteiger partial charge in [0.15, 0.2) is 10.6 Å². The van der Waals surface area contributed by atoms with Crippen LogP contribution in [0.25, 0.3) is 11.4 Å². The molecule has 0 bridgehead atoms. The van der Waals surface area contributed by atoms with Gasteiger partial charge in [0.05, 0.1) is 0 Å². The maximum Gasteiger partial charge on any atom is 0.242 e. The van der Waals surface area contributed by atoms with E-state index in [0.717, 1.165) is 30.2 Å². The van der Waals surface area contributed by atoms with Gasteiger partial charge >= 0.3 is 0 Å². The third-order valence-corrected chi connectivity index (χ3v) is 6.01. The molecule has 4 rings (SSSR count). The van der Waals surface area contributed by atoms with Crippen LogP contribution in [0.5, 0.6) is 0 Å². The highest BCUT2D eigenvalue weighted by Gasteiger charge is 2.22. The molecular formula is C21H21Cl2N5OS. The molecule has 2 heterocycles. The van der Waals surface area contributed by atoms with E-state index in [1.165, 1.54) is 5.56 Å². The summed E-state index contributed by atoms with van der Waals surface area (Å²) in [6.45, 7) is 4.04. The number of aromatic amines is 1. The van der Waals surface area contributed by atoms with Gasteiger partial charge in [0, 0.05) is 48.3 Å². The third kappa shape index (κ3) is 4.92. The minimum absolute atomic E-state index is 0.0360. The number of hydrogen-bond acceptors (Lipinski definition) is 4. The molecule has 1 aromatic heterocycles. The Labute approximate surface area is 190 Å². The molecule has 6 nitrogen and oxygen atoms in total. The van der Waals surface area contributed by atoms with Crippen molar-refractivity contribution in [2.75, 3.05) is 26.2 Å². The summed E-state index contributed by atoms with van der Waals surface area (Å²) in [6, 6.07) is 15.2. The minimum atomic E-state index is 0.0360. The molecule has 0 unspecified atom stereocenters. The Balaban J connectivity index is 1.37. The first-order chi connectivity index (χ1) is 14.5. The number of amides is 1. The van der Waals surface area contributed by atoms with Crippen molar-refractivity contribution in [3.05, 3.63) is 68.9 Å². The van der Waals surface area contributed by atoms with Crippen molar-refractivity contribution >= 4 is 41.3 Å². The van der Waals surface area contributed by atoms with Crippen LogP contribution in [0.4, 0.5) is 0 Å². The van der Waals surface area contributed by atoms with Gasteiger partial charge in [0.25, 0.3) is 0 Å². The molecule has 0 spiro atoms. The van der Waals surface area contributed by atoms with Gasteiger partial charge in [0.2, 0.25) is 5.91 Å². The van der Waals surface area contributed by atoms with Gasteiger partial charge in [-0.05, 0) is 54.2 Å². The third-order valence-electron chi connectivity index (χ3n) is 5.20. The highest BCUT2D eigenvalue weighted by Crippen LogP contribution is 2.20. The van der Waals surface area contributed by atoms with Crippen molar-refractivity contribution < 1.29 is 4.79 Å². The second-order valence-corrected chi connectivity index (χ2v) is 8.49. The van der Waals surface area contributed by atoms with Crippen molar-refractivity contribution in [2.24, 2.45) is 0 Å². The smallest absolute Gasteiger partial charge is 0.242 e. The van der Waals surface area contributed by atoms with Crippen LogP contribution < -0.4 is 0 Å².